The lowest BCUT2D eigenvalue weighted by Crippen LogP contribution is -2.18. The van der Waals surface area contributed by atoms with E-state index in [0.717, 1.165) is 23.6 Å². The van der Waals surface area contributed by atoms with Gasteiger partial charge in [-0.25, -0.2) is 0 Å². The summed E-state index contributed by atoms with van der Waals surface area (Å²) >= 11 is 0. The number of nitrogens with zero attached hydrogens (tertiary/aromatic N) is 1. The number of aryl methyl sites for hydroxylation is 2. The van der Waals surface area contributed by atoms with Gasteiger partial charge in [0.1, 0.15) is 5.76 Å². The van der Waals surface area contributed by atoms with Crippen molar-refractivity contribution in [2.75, 3.05) is 0 Å². The molecule has 0 aliphatic rings. The number of aromatic nitrogens is 1. The SMILES string of the molecule is Cc1noc(C)c1CN[C@@H](C)c1ccccc1. The zero-order valence-corrected chi connectivity index (χ0v) is 10.5. The van der Waals surface area contributed by atoms with Crippen molar-refractivity contribution in [3.8, 4) is 0 Å². The van der Waals surface area contributed by atoms with Crippen LogP contribution in [0.5, 0.6) is 0 Å². The van der Waals surface area contributed by atoms with Crippen molar-refractivity contribution in [1.82, 2.24) is 10.5 Å². The Kier molecular flexibility index (Phi) is 3.59. The van der Waals surface area contributed by atoms with E-state index in [9.17, 15) is 0 Å². The van der Waals surface area contributed by atoms with Gasteiger partial charge in [0.05, 0.1) is 5.69 Å². The molecule has 0 aliphatic carbocycles. The molecule has 1 aromatic heterocycles. The number of nitrogens with one attached hydrogen (secondary N) is 1. The molecule has 1 aromatic carbocycles. The Morgan fingerprint density at radius 2 is 1.94 bits per heavy atom. The highest BCUT2D eigenvalue weighted by atomic mass is 16.5. The Hall–Kier alpha value is -1.61. The maximum absolute atomic E-state index is 5.14. The minimum absolute atomic E-state index is 0.324. The van der Waals surface area contributed by atoms with Crippen molar-refractivity contribution < 1.29 is 4.52 Å². The van der Waals surface area contributed by atoms with Gasteiger partial charge in [0.15, 0.2) is 0 Å². The van der Waals surface area contributed by atoms with Gasteiger partial charge in [0.25, 0.3) is 0 Å². The second-order valence-electron chi connectivity index (χ2n) is 4.32. The van der Waals surface area contributed by atoms with Crippen LogP contribution < -0.4 is 5.32 Å². The first-order valence-electron chi connectivity index (χ1n) is 5.88. The van der Waals surface area contributed by atoms with Crippen molar-refractivity contribution in [2.24, 2.45) is 0 Å². The maximum Gasteiger partial charge on any atom is 0.138 e. The molecule has 17 heavy (non-hydrogen) atoms. The van der Waals surface area contributed by atoms with Crippen LogP contribution in [0.15, 0.2) is 34.9 Å². The molecule has 3 nitrogen and oxygen atoms in total. The quantitative estimate of drug-likeness (QED) is 0.876. The molecular weight excluding hydrogens is 212 g/mol. The fraction of sp³-hybridized carbons (Fsp3) is 0.357. The van der Waals surface area contributed by atoms with Crippen molar-refractivity contribution in [1.29, 1.82) is 0 Å². The van der Waals surface area contributed by atoms with E-state index in [4.69, 9.17) is 4.52 Å². The first-order chi connectivity index (χ1) is 8.18. The minimum Gasteiger partial charge on any atom is -0.361 e. The predicted octanol–water partition coefficient (Wildman–Crippen LogP) is 3.14. The van der Waals surface area contributed by atoms with Crippen LogP contribution in [-0.2, 0) is 6.54 Å². The molecule has 1 atom stereocenters. The molecule has 3 heteroatoms. The van der Waals surface area contributed by atoms with Crippen LogP contribution in [0.2, 0.25) is 0 Å². The van der Waals surface area contributed by atoms with Crippen LogP contribution in [0.4, 0.5) is 0 Å². The summed E-state index contributed by atoms with van der Waals surface area (Å²) in [6.45, 7) is 6.87. The van der Waals surface area contributed by atoms with Crippen LogP contribution in [0.3, 0.4) is 0 Å². The van der Waals surface area contributed by atoms with E-state index >= 15 is 0 Å². The summed E-state index contributed by atoms with van der Waals surface area (Å²) in [7, 11) is 0. The molecule has 90 valence electrons. The molecule has 0 saturated carbocycles. The molecule has 1 heterocycles. The van der Waals surface area contributed by atoms with E-state index in [0.29, 0.717) is 6.04 Å². The predicted molar refractivity (Wildman–Crippen MR) is 67.7 cm³/mol. The smallest absolute Gasteiger partial charge is 0.138 e. The minimum atomic E-state index is 0.324. The normalized spacial score (nSPS) is 12.6. The van der Waals surface area contributed by atoms with Gasteiger partial charge in [-0.1, -0.05) is 35.5 Å². The third-order valence-electron chi connectivity index (χ3n) is 3.07. The van der Waals surface area contributed by atoms with E-state index in [2.05, 4.69) is 41.7 Å². The average molecular weight is 230 g/mol. The molecule has 0 amide bonds. The third kappa shape index (κ3) is 2.74. The Balaban J connectivity index is 1.99. The Bertz CT molecular complexity index is 457. The van der Waals surface area contributed by atoms with Gasteiger partial charge in [-0.15, -0.1) is 0 Å². The number of benzene rings is 1. The standard InChI is InChI=1S/C14H18N2O/c1-10(13-7-5-4-6-8-13)15-9-14-11(2)16-17-12(14)3/h4-8,10,15H,9H2,1-3H3/t10-/m0/s1. The van der Waals surface area contributed by atoms with Crippen LogP contribution in [0.1, 0.15) is 35.5 Å². The number of hydrogen-bond donors (Lipinski definition) is 1. The van der Waals surface area contributed by atoms with Gasteiger partial charge in [0.2, 0.25) is 0 Å². The first-order valence-corrected chi connectivity index (χ1v) is 5.88. The summed E-state index contributed by atoms with van der Waals surface area (Å²) in [6.07, 6.45) is 0. The molecule has 2 rings (SSSR count). The third-order valence-corrected chi connectivity index (χ3v) is 3.07. The molecule has 2 aromatic rings. The van der Waals surface area contributed by atoms with Crippen LogP contribution in [-0.4, -0.2) is 5.16 Å². The molecular formula is C14H18N2O. The van der Waals surface area contributed by atoms with Gasteiger partial charge in [-0.05, 0) is 26.3 Å². The monoisotopic (exact) mass is 230 g/mol. The zero-order chi connectivity index (χ0) is 12.3. The number of rotatable bonds is 4. The highest BCUT2D eigenvalue weighted by Crippen LogP contribution is 2.15. The summed E-state index contributed by atoms with van der Waals surface area (Å²) in [5, 5.41) is 7.43. The Morgan fingerprint density at radius 1 is 1.24 bits per heavy atom. The lowest BCUT2D eigenvalue weighted by Gasteiger charge is -2.13. The second-order valence-corrected chi connectivity index (χ2v) is 4.32. The van der Waals surface area contributed by atoms with Crippen molar-refractivity contribution in [3.63, 3.8) is 0 Å². The fourth-order valence-electron chi connectivity index (χ4n) is 1.87. The first kappa shape index (κ1) is 11.9. The van der Waals surface area contributed by atoms with Gasteiger partial charge >= 0.3 is 0 Å². The summed E-state index contributed by atoms with van der Waals surface area (Å²) in [6, 6.07) is 10.7. The average Bonchev–Trinajstić information content (AvgIpc) is 2.67. The largest absolute Gasteiger partial charge is 0.361 e. The topological polar surface area (TPSA) is 38.1 Å². The Morgan fingerprint density at radius 3 is 2.53 bits per heavy atom. The van der Waals surface area contributed by atoms with Crippen molar-refractivity contribution in [2.45, 2.75) is 33.4 Å². The molecule has 1 N–H and O–H groups in total. The van der Waals surface area contributed by atoms with Gasteiger partial charge in [-0.2, -0.15) is 0 Å². The molecule has 0 bridgehead atoms. The summed E-state index contributed by atoms with van der Waals surface area (Å²) in [5.74, 6) is 0.898. The fourth-order valence-corrected chi connectivity index (χ4v) is 1.87. The molecule has 0 spiro atoms. The van der Waals surface area contributed by atoms with Crippen molar-refractivity contribution in [3.05, 3.63) is 52.9 Å². The summed E-state index contributed by atoms with van der Waals surface area (Å²) in [5.41, 5.74) is 3.42. The van der Waals surface area contributed by atoms with Gasteiger partial charge in [0, 0.05) is 18.2 Å². The second kappa shape index (κ2) is 5.15. The highest BCUT2D eigenvalue weighted by Gasteiger charge is 2.10. The maximum atomic E-state index is 5.14. The van der Waals surface area contributed by atoms with Gasteiger partial charge in [-0.3, -0.25) is 0 Å². The molecule has 0 unspecified atom stereocenters. The van der Waals surface area contributed by atoms with Crippen LogP contribution >= 0.6 is 0 Å². The zero-order valence-electron chi connectivity index (χ0n) is 10.5. The van der Waals surface area contributed by atoms with Crippen molar-refractivity contribution >= 4 is 0 Å². The molecule has 0 fully saturated rings. The van der Waals surface area contributed by atoms with E-state index in [1.165, 1.54) is 5.56 Å². The van der Waals surface area contributed by atoms with E-state index in [1.54, 1.807) is 0 Å². The van der Waals surface area contributed by atoms with E-state index in [1.807, 2.05) is 19.9 Å². The summed E-state index contributed by atoms with van der Waals surface area (Å²) in [4.78, 5) is 0. The summed E-state index contributed by atoms with van der Waals surface area (Å²) < 4.78 is 5.14. The van der Waals surface area contributed by atoms with Gasteiger partial charge < -0.3 is 9.84 Å². The number of hydrogen-bond acceptors (Lipinski definition) is 3. The molecule has 0 saturated heterocycles. The van der Waals surface area contributed by atoms with E-state index < -0.39 is 0 Å². The van der Waals surface area contributed by atoms with Crippen LogP contribution in [0.25, 0.3) is 0 Å². The molecule has 0 aliphatic heterocycles. The lowest BCUT2D eigenvalue weighted by atomic mass is 10.1. The lowest BCUT2D eigenvalue weighted by molar-refractivity contribution is 0.391. The molecule has 0 radical (unpaired) electrons. The highest BCUT2D eigenvalue weighted by molar-refractivity contribution is 5.22. The van der Waals surface area contributed by atoms with E-state index in [-0.39, 0.29) is 0 Å². The Labute approximate surface area is 102 Å². The van der Waals surface area contributed by atoms with Crippen LogP contribution in [0, 0.1) is 13.8 Å².